The van der Waals surface area contributed by atoms with Gasteiger partial charge in [0.05, 0.1) is 0 Å². The van der Waals surface area contributed by atoms with Gasteiger partial charge in [0.1, 0.15) is 12.2 Å². The summed E-state index contributed by atoms with van der Waals surface area (Å²) in [6.07, 6.45) is -0.629. The van der Waals surface area contributed by atoms with Gasteiger partial charge in [0.25, 0.3) is 0 Å². The highest BCUT2D eigenvalue weighted by molar-refractivity contribution is 6.01. The number of halogens is 1. The Hall–Kier alpha value is -1.91. The van der Waals surface area contributed by atoms with Crippen LogP contribution in [0.3, 0.4) is 0 Å². The Labute approximate surface area is 85.7 Å². The first-order valence-corrected chi connectivity index (χ1v) is 4.27. The Balaban J connectivity index is 2.77. The third-order valence-corrected chi connectivity index (χ3v) is 1.85. The smallest absolute Gasteiger partial charge is 0.312 e. The molecule has 0 bridgehead atoms. The fourth-order valence-electron chi connectivity index (χ4n) is 1.07. The standard InChI is InChI=1S/C10H10FNO3/c1-6-7(11)3-2-4-8(6)12-9(13)5-10(14)15/h2-4H,5H2,1H3,(H,12,13)(H,14,15). The molecule has 0 spiro atoms. The SMILES string of the molecule is Cc1c(F)cccc1NC(=O)CC(=O)O. The van der Waals surface area contributed by atoms with Gasteiger partial charge in [-0.05, 0) is 19.1 Å². The number of hydrogen-bond acceptors (Lipinski definition) is 2. The Morgan fingerprint density at radius 3 is 2.73 bits per heavy atom. The molecule has 0 saturated heterocycles. The Morgan fingerprint density at radius 2 is 2.13 bits per heavy atom. The zero-order valence-electron chi connectivity index (χ0n) is 8.08. The molecule has 0 aliphatic carbocycles. The molecule has 0 aromatic heterocycles. The highest BCUT2D eigenvalue weighted by atomic mass is 19.1. The maximum absolute atomic E-state index is 13.0. The molecule has 0 heterocycles. The highest BCUT2D eigenvalue weighted by Crippen LogP contribution is 2.17. The van der Waals surface area contributed by atoms with Crippen LogP contribution in [0.2, 0.25) is 0 Å². The zero-order chi connectivity index (χ0) is 11.4. The molecule has 80 valence electrons. The number of carbonyl (C=O) groups excluding carboxylic acids is 1. The Kier molecular flexibility index (Phi) is 3.38. The van der Waals surface area contributed by atoms with Gasteiger partial charge in [-0.1, -0.05) is 6.07 Å². The van der Waals surface area contributed by atoms with Crippen LogP contribution in [0.5, 0.6) is 0 Å². The van der Waals surface area contributed by atoms with Crippen molar-refractivity contribution in [3.05, 3.63) is 29.6 Å². The van der Waals surface area contributed by atoms with Crippen LogP contribution in [-0.2, 0) is 9.59 Å². The number of aliphatic carboxylic acids is 1. The largest absolute Gasteiger partial charge is 0.481 e. The van der Waals surface area contributed by atoms with Gasteiger partial charge in [-0.25, -0.2) is 4.39 Å². The van der Waals surface area contributed by atoms with E-state index in [0.717, 1.165) is 0 Å². The van der Waals surface area contributed by atoms with E-state index in [1.807, 2.05) is 0 Å². The van der Waals surface area contributed by atoms with E-state index in [2.05, 4.69) is 5.32 Å². The van der Waals surface area contributed by atoms with Crippen LogP contribution >= 0.6 is 0 Å². The van der Waals surface area contributed by atoms with Crippen molar-refractivity contribution in [1.29, 1.82) is 0 Å². The van der Waals surface area contributed by atoms with Gasteiger partial charge >= 0.3 is 5.97 Å². The minimum atomic E-state index is -1.22. The molecule has 1 rings (SSSR count). The molecule has 0 unspecified atom stereocenters. The van der Waals surface area contributed by atoms with E-state index in [0.29, 0.717) is 5.69 Å². The molecule has 1 aromatic rings. The van der Waals surface area contributed by atoms with Crippen molar-refractivity contribution in [2.75, 3.05) is 5.32 Å². The van der Waals surface area contributed by atoms with Gasteiger partial charge in [0.2, 0.25) is 5.91 Å². The van der Waals surface area contributed by atoms with E-state index in [-0.39, 0.29) is 5.56 Å². The second-order valence-electron chi connectivity index (χ2n) is 3.03. The predicted octanol–water partition coefficient (Wildman–Crippen LogP) is 1.55. The summed E-state index contributed by atoms with van der Waals surface area (Å²) in [6.45, 7) is 1.51. The van der Waals surface area contributed by atoms with Gasteiger partial charge < -0.3 is 10.4 Å². The molecular weight excluding hydrogens is 201 g/mol. The molecule has 0 aliphatic rings. The summed E-state index contributed by atoms with van der Waals surface area (Å²) >= 11 is 0. The van der Waals surface area contributed by atoms with E-state index in [4.69, 9.17) is 5.11 Å². The molecule has 2 N–H and O–H groups in total. The number of nitrogens with one attached hydrogen (secondary N) is 1. The van der Waals surface area contributed by atoms with Crippen LogP contribution in [-0.4, -0.2) is 17.0 Å². The van der Waals surface area contributed by atoms with Crippen molar-refractivity contribution in [3.63, 3.8) is 0 Å². The number of rotatable bonds is 3. The molecule has 0 saturated carbocycles. The van der Waals surface area contributed by atoms with Crippen molar-refractivity contribution < 1.29 is 19.1 Å². The van der Waals surface area contributed by atoms with E-state index in [1.54, 1.807) is 0 Å². The number of carboxylic acids is 1. The lowest BCUT2D eigenvalue weighted by Gasteiger charge is -2.07. The quantitative estimate of drug-likeness (QED) is 0.745. The molecule has 1 amide bonds. The second kappa shape index (κ2) is 4.54. The van der Waals surface area contributed by atoms with E-state index in [1.165, 1.54) is 25.1 Å². The average molecular weight is 211 g/mol. The summed E-state index contributed by atoms with van der Waals surface area (Å²) in [5.41, 5.74) is 0.581. The van der Waals surface area contributed by atoms with E-state index < -0.39 is 24.1 Å². The summed E-state index contributed by atoms with van der Waals surface area (Å²) in [5.74, 6) is -2.33. The average Bonchev–Trinajstić information content (AvgIpc) is 2.11. The lowest BCUT2D eigenvalue weighted by Crippen LogP contribution is -2.16. The molecule has 0 aliphatic heterocycles. The number of amides is 1. The summed E-state index contributed by atoms with van der Waals surface area (Å²) in [5, 5.41) is 10.7. The molecule has 1 aromatic carbocycles. The first-order valence-electron chi connectivity index (χ1n) is 4.27. The molecule has 0 radical (unpaired) electrons. The third-order valence-electron chi connectivity index (χ3n) is 1.85. The van der Waals surface area contributed by atoms with E-state index in [9.17, 15) is 14.0 Å². The van der Waals surface area contributed by atoms with Gasteiger partial charge in [0, 0.05) is 11.3 Å². The van der Waals surface area contributed by atoms with Gasteiger partial charge in [-0.15, -0.1) is 0 Å². The van der Waals surface area contributed by atoms with Crippen molar-refractivity contribution in [2.24, 2.45) is 0 Å². The summed E-state index contributed by atoms with van der Waals surface area (Å²) in [4.78, 5) is 21.3. The molecule has 0 fully saturated rings. The first-order chi connectivity index (χ1) is 7.00. The number of carboxylic acid groups (broad SMARTS) is 1. The molecular formula is C10H10FNO3. The van der Waals surface area contributed by atoms with Crippen LogP contribution in [0.15, 0.2) is 18.2 Å². The first kappa shape index (κ1) is 11.2. The summed E-state index contributed by atoms with van der Waals surface area (Å²) < 4.78 is 13.0. The minimum absolute atomic E-state index is 0.288. The Morgan fingerprint density at radius 1 is 1.47 bits per heavy atom. The fourth-order valence-corrected chi connectivity index (χ4v) is 1.07. The summed E-state index contributed by atoms with van der Waals surface area (Å²) in [6, 6.07) is 4.22. The second-order valence-corrected chi connectivity index (χ2v) is 3.03. The summed E-state index contributed by atoms with van der Waals surface area (Å²) in [7, 11) is 0. The Bertz CT molecular complexity index is 404. The van der Waals surface area contributed by atoms with Crippen LogP contribution in [0.4, 0.5) is 10.1 Å². The normalized spacial score (nSPS) is 9.73. The maximum Gasteiger partial charge on any atom is 0.312 e. The highest BCUT2D eigenvalue weighted by Gasteiger charge is 2.10. The fraction of sp³-hybridized carbons (Fsp3) is 0.200. The lowest BCUT2D eigenvalue weighted by molar-refractivity contribution is -0.139. The van der Waals surface area contributed by atoms with Crippen molar-refractivity contribution in [1.82, 2.24) is 0 Å². The molecule has 5 heteroatoms. The van der Waals surface area contributed by atoms with E-state index >= 15 is 0 Å². The molecule has 0 atom stereocenters. The van der Waals surface area contributed by atoms with Crippen LogP contribution in [0.1, 0.15) is 12.0 Å². The van der Waals surface area contributed by atoms with Crippen molar-refractivity contribution in [3.8, 4) is 0 Å². The minimum Gasteiger partial charge on any atom is -0.481 e. The van der Waals surface area contributed by atoms with Gasteiger partial charge in [-0.2, -0.15) is 0 Å². The number of anilines is 1. The number of carbonyl (C=O) groups is 2. The topological polar surface area (TPSA) is 66.4 Å². The van der Waals surface area contributed by atoms with Gasteiger partial charge in [0.15, 0.2) is 0 Å². The predicted molar refractivity (Wildman–Crippen MR) is 52.0 cm³/mol. The van der Waals surface area contributed by atoms with Crippen LogP contribution in [0, 0.1) is 12.7 Å². The lowest BCUT2D eigenvalue weighted by atomic mass is 10.2. The number of benzene rings is 1. The van der Waals surface area contributed by atoms with Crippen LogP contribution in [0.25, 0.3) is 0 Å². The zero-order valence-corrected chi connectivity index (χ0v) is 8.08. The van der Waals surface area contributed by atoms with Crippen molar-refractivity contribution in [2.45, 2.75) is 13.3 Å². The van der Waals surface area contributed by atoms with Gasteiger partial charge in [-0.3, -0.25) is 9.59 Å². The molecule has 15 heavy (non-hydrogen) atoms. The monoisotopic (exact) mass is 211 g/mol. The number of hydrogen-bond donors (Lipinski definition) is 2. The van der Waals surface area contributed by atoms with Crippen LogP contribution < -0.4 is 5.32 Å². The van der Waals surface area contributed by atoms with Crippen molar-refractivity contribution >= 4 is 17.6 Å². The third kappa shape index (κ3) is 3.05. The maximum atomic E-state index is 13.0. The molecule has 4 nitrogen and oxygen atoms in total.